The first-order chi connectivity index (χ1) is 6.11. The van der Waals surface area contributed by atoms with Crippen LogP contribution in [0.1, 0.15) is 18.9 Å². The van der Waals surface area contributed by atoms with E-state index < -0.39 is 5.60 Å². The van der Waals surface area contributed by atoms with Crippen LogP contribution in [-0.2, 0) is 5.60 Å². The number of hydrogen-bond acceptors (Lipinski definition) is 2. The molecule has 1 N–H and O–H groups in total. The van der Waals surface area contributed by atoms with Crippen molar-refractivity contribution in [1.29, 1.82) is 0 Å². The summed E-state index contributed by atoms with van der Waals surface area (Å²) >= 11 is 3.42. The van der Waals surface area contributed by atoms with Gasteiger partial charge in [-0.05, 0) is 19.1 Å². The topological polar surface area (TPSA) is 29.5 Å². The van der Waals surface area contributed by atoms with Gasteiger partial charge in [-0.25, -0.2) is 0 Å². The van der Waals surface area contributed by atoms with E-state index >= 15 is 0 Å². The van der Waals surface area contributed by atoms with Crippen LogP contribution in [0.5, 0.6) is 5.75 Å². The molecular formula is C10H11BrO2. The summed E-state index contributed by atoms with van der Waals surface area (Å²) in [5, 5.41) is 10.1. The Morgan fingerprint density at radius 2 is 2.31 bits per heavy atom. The Morgan fingerprint density at radius 1 is 1.54 bits per heavy atom. The van der Waals surface area contributed by atoms with Gasteiger partial charge in [-0.15, -0.1) is 0 Å². The summed E-state index contributed by atoms with van der Waals surface area (Å²) < 4.78 is 6.36. The average Bonchev–Trinajstić information content (AvgIpc) is 2.02. The van der Waals surface area contributed by atoms with Crippen molar-refractivity contribution in [1.82, 2.24) is 0 Å². The predicted octanol–water partition coefficient (Wildman–Crippen LogP) is 2.44. The molecule has 1 atom stereocenters. The van der Waals surface area contributed by atoms with Crippen molar-refractivity contribution >= 4 is 15.9 Å². The van der Waals surface area contributed by atoms with Crippen LogP contribution in [0.3, 0.4) is 0 Å². The van der Waals surface area contributed by atoms with Crippen molar-refractivity contribution in [2.24, 2.45) is 0 Å². The zero-order valence-corrected chi connectivity index (χ0v) is 8.97. The fourth-order valence-electron chi connectivity index (χ4n) is 1.63. The van der Waals surface area contributed by atoms with E-state index in [0.717, 1.165) is 15.8 Å². The molecule has 0 radical (unpaired) electrons. The maximum absolute atomic E-state index is 10.1. The fourth-order valence-corrected chi connectivity index (χ4v) is 2.41. The molecule has 2 rings (SSSR count). The zero-order valence-electron chi connectivity index (χ0n) is 7.38. The van der Waals surface area contributed by atoms with E-state index in [1.165, 1.54) is 0 Å². The van der Waals surface area contributed by atoms with Crippen molar-refractivity contribution < 1.29 is 9.84 Å². The molecule has 2 nitrogen and oxygen atoms in total. The van der Waals surface area contributed by atoms with Crippen LogP contribution < -0.4 is 4.74 Å². The number of hydrogen-bond donors (Lipinski definition) is 1. The third kappa shape index (κ3) is 1.46. The minimum Gasteiger partial charge on any atom is -0.493 e. The number of benzene rings is 1. The first-order valence-corrected chi connectivity index (χ1v) is 5.05. The Labute approximate surface area is 85.7 Å². The van der Waals surface area contributed by atoms with Gasteiger partial charge in [0.05, 0.1) is 12.2 Å². The number of ether oxygens (including phenoxy) is 1. The number of fused-ring (bicyclic) bond motifs is 1. The highest BCUT2D eigenvalue weighted by atomic mass is 79.9. The molecule has 0 spiro atoms. The Morgan fingerprint density at radius 3 is 3.00 bits per heavy atom. The molecule has 0 bridgehead atoms. The van der Waals surface area contributed by atoms with E-state index in [9.17, 15) is 5.11 Å². The van der Waals surface area contributed by atoms with Crippen LogP contribution in [0.15, 0.2) is 22.7 Å². The summed E-state index contributed by atoms with van der Waals surface area (Å²) in [6.07, 6.45) is 0.641. The SMILES string of the molecule is CC1(O)CCOc2cccc(Br)c21. The lowest BCUT2D eigenvalue weighted by Crippen LogP contribution is -2.29. The third-order valence-electron chi connectivity index (χ3n) is 2.36. The van der Waals surface area contributed by atoms with Crippen LogP contribution in [0, 0.1) is 0 Å². The van der Waals surface area contributed by atoms with E-state index in [2.05, 4.69) is 15.9 Å². The van der Waals surface area contributed by atoms with Gasteiger partial charge in [0.2, 0.25) is 0 Å². The van der Waals surface area contributed by atoms with Crippen LogP contribution in [-0.4, -0.2) is 11.7 Å². The maximum Gasteiger partial charge on any atom is 0.126 e. The van der Waals surface area contributed by atoms with Gasteiger partial charge >= 0.3 is 0 Å². The van der Waals surface area contributed by atoms with Gasteiger partial charge in [0, 0.05) is 16.5 Å². The van der Waals surface area contributed by atoms with Crippen molar-refractivity contribution in [3.63, 3.8) is 0 Å². The largest absolute Gasteiger partial charge is 0.493 e. The summed E-state index contributed by atoms with van der Waals surface area (Å²) in [6.45, 7) is 2.40. The smallest absolute Gasteiger partial charge is 0.126 e. The number of aliphatic hydroxyl groups is 1. The molecule has 1 aliphatic heterocycles. The maximum atomic E-state index is 10.1. The molecule has 70 valence electrons. The van der Waals surface area contributed by atoms with E-state index in [0.29, 0.717) is 13.0 Å². The quantitative estimate of drug-likeness (QED) is 0.758. The van der Waals surface area contributed by atoms with Crippen molar-refractivity contribution in [3.8, 4) is 5.75 Å². The molecule has 3 heteroatoms. The Bertz CT molecular complexity index is 334. The molecule has 0 saturated carbocycles. The predicted molar refractivity (Wildman–Crippen MR) is 53.8 cm³/mol. The summed E-state index contributed by atoms with van der Waals surface area (Å²) in [5.74, 6) is 0.783. The van der Waals surface area contributed by atoms with Gasteiger partial charge in [-0.2, -0.15) is 0 Å². The van der Waals surface area contributed by atoms with Crippen LogP contribution >= 0.6 is 15.9 Å². The van der Waals surface area contributed by atoms with Gasteiger partial charge in [0.25, 0.3) is 0 Å². The lowest BCUT2D eigenvalue weighted by molar-refractivity contribution is 0.0139. The Hall–Kier alpha value is -0.540. The van der Waals surface area contributed by atoms with Crippen molar-refractivity contribution in [2.45, 2.75) is 18.9 Å². The molecule has 1 aromatic carbocycles. The normalized spacial score (nSPS) is 26.4. The Balaban J connectivity index is 2.61. The second kappa shape index (κ2) is 3.00. The third-order valence-corrected chi connectivity index (χ3v) is 3.02. The summed E-state index contributed by atoms with van der Waals surface area (Å²) in [5.41, 5.74) is 0.0921. The van der Waals surface area contributed by atoms with Gasteiger partial charge in [-0.1, -0.05) is 22.0 Å². The van der Waals surface area contributed by atoms with E-state index in [-0.39, 0.29) is 0 Å². The molecule has 0 amide bonds. The molecule has 13 heavy (non-hydrogen) atoms. The minimum atomic E-state index is -0.770. The average molecular weight is 243 g/mol. The first-order valence-electron chi connectivity index (χ1n) is 4.25. The minimum absolute atomic E-state index is 0.580. The molecule has 0 fully saturated rings. The lowest BCUT2D eigenvalue weighted by Gasteiger charge is -2.31. The summed E-state index contributed by atoms with van der Waals surface area (Å²) in [4.78, 5) is 0. The number of rotatable bonds is 0. The van der Waals surface area contributed by atoms with Gasteiger partial charge < -0.3 is 9.84 Å². The lowest BCUT2D eigenvalue weighted by atomic mass is 9.90. The van der Waals surface area contributed by atoms with Crippen LogP contribution in [0.2, 0.25) is 0 Å². The van der Waals surface area contributed by atoms with Gasteiger partial charge in [-0.3, -0.25) is 0 Å². The van der Waals surface area contributed by atoms with E-state index in [1.807, 2.05) is 25.1 Å². The molecule has 1 unspecified atom stereocenters. The molecule has 1 aromatic rings. The van der Waals surface area contributed by atoms with Crippen molar-refractivity contribution in [3.05, 3.63) is 28.2 Å². The monoisotopic (exact) mass is 242 g/mol. The second-order valence-electron chi connectivity index (χ2n) is 3.49. The molecule has 0 aliphatic carbocycles. The van der Waals surface area contributed by atoms with E-state index in [1.54, 1.807) is 0 Å². The van der Waals surface area contributed by atoms with Gasteiger partial charge in [0.15, 0.2) is 0 Å². The highest BCUT2D eigenvalue weighted by Crippen LogP contribution is 2.40. The highest BCUT2D eigenvalue weighted by Gasteiger charge is 2.32. The van der Waals surface area contributed by atoms with Gasteiger partial charge in [0.1, 0.15) is 5.75 Å². The Kier molecular flexibility index (Phi) is 2.08. The van der Waals surface area contributed by atoms with Crippen molar-refractivity contribution in [2.75, 3.05) is 6.61 Å². The number of halogens is 1. The van der Waals surface area contributed by atoms with Crippen LogP contribution in [0.4, 0.5) is 0 Å². The molecule has 1 heterocycles. The van der Waals surface area contributed by atoms with E-state index in [4.69, 9.17) is 4.74 Å². The zero-order chi connectivity index (χ0) is 9.47. The standard InChI is InChI=1S/C10H11BrO2/c1-10(12)5-6-13-8-4-2-3-7(11)9(8)10/h2-4,12H,5-6H2,1H3. The second-order valence-corrected chi connectivity index (χ2v) is 4.34. The summed E-state index contributed by atoms with van der Waals surface area (Å²) in [6, 6.07) is 5.71. The highest BCUT2D eigenvalue weighted by molar-refractivity contribution is 9.10. The molecule has 0 aromatic heterocycles. The summed E-state index contributed by atoms with van der Waals surface area (Å²) in [7, 11) is 0. The molecule has 0 saturated heterocycles. The molecule has 1 aliphatic rings. The fraction of sp³-hybridized carbons (Fsp3) is 0.400. The van der Waals surface area contributed by atoms with Crippen LogP contribution in [0.25, 0.3) is 0 Å². The first kappa shape index (κ1) is 9.03. The molecular weight excluding hydrogens is 232 g/mol.